The van der Waals surface area contributed by atoms with Gasteiger partial charge in [-0.2, -0.15) is 0 Å². The maximum Gasteiger partial charge on any atom is 0.0753 e. The molecule has 2 aromatic carbocycles. The van der Waals surface area contributed by atoms with Crippen molar-refractivity contribution in [2.75, 3.05) is 0 Å². The van der Waals surface area contributed by atoms with E-state index in [1.165, 1.54) is 16.3 Å². The summed E-state index contributed by atoms with van der Waals surface area (Å²) in [6, 6.07) is 15.1. The third kappa shape index (κ3) is 2.68. The van der Waals surface area contributed by atoms with E-state index < -0.39 is 0 Å². The van der Waals surface area contributed by atoms with Crippen molar-refractivity contribution in [2.24, 2.45) is 0 Å². The molecule has 3 nitrogen and oxygen atoms in total. The van der Waals surface area contributed by atoms with Gasteiger partial charge in [-0.3, -0.25) is 9.97 Å². The van der Waals surface area contributed by atoms with Crippen LogP contribution in [0.4, 0.5) is 0 Å². The van der Waals surface area contributed by atoms with Gasteiger partial charge in [0.25, 0.3) is 0 Å². The molecule has 3 heteroatoms. The quantitative estimate of drug-likeness (QED) is 0.783. The zero-order chi connectivity index (χ0) is 13.8. The number of rotatable bonds is 4. The largest absolute Gasteiger partial charge is 0.305 e. The second-order valence-electron chi connectivity index (χ2n) is 4.87. The van der Waals surface area contributed by atoms with Crippen molar-refractivity contribution in [1.82, 2.24) is 15.3 Å². The van der Waals surface area contributed by atoms with Crippen molar-refractivity contribution in [1.29, 1.82) is 0 Å². The second-order valence-corrected chi connectivity index (χ2v) is 4.87. The lowest BCUT2D eigenvalue weighted by Crippen LogP contribution is -2.19. The van der Waals surface area contributed by atoms with E-state index in [4.69, 9.17) is 0 Å². The molecular weight excluding hydrogens is 246 g/mol. The Morgan fingerprint density at radius 2 is 1.90 bits per heavy atom. The van der Waals surface area contributed by atoms with Crippen molar-refractivity contribution in [3.63, 3.8) is 0 Å². The maximum atomic E-state index is 4.33. The van der Waals surface area contributed by atoms with Gasteiger partial charge in [0, 0.05) is 31.2 Å². The number of nitrogens with zero attached hydrogens (tertiary/aromatic N) is 2. The molecule has 0 bridgehead atoms. The minimum Gasteiger partial charge on any atom is -0.305 e. The molecule has 0 aliphatic heterocycles. The average molecular weight is 263 g/mol. The summed E-state index contributed by atoms with van der Waals surface area (Å²) in [5.74, 6) is 0. The summed E-state index contributed by atoms with van der Waals surface area (Å²) in [7, 11) is 0. The highest BCUT2D eigenvalue weighted by Crippen LogP contribution is 2.19. The van der Waals surface area contributed by atoms with Gasteiger partial charge in [-0.1, -0.05) is 42.5 Å². The Hall–Kier alpha value is -2.26. The van der Waals surface area contributed by atoms with Gasteiger partial charge in [0.05, 0.1) is 5.69 Å². The van der Waals surface area contributed by atoms with E-state index in [9.17, 15) is 0 Å². The zero-order valence-corrected chi connectivity index (χ0v) is 11.5. The first kappa shape index (κ1) is 12.8. The molecule has 0 aliphatic carbocycles. The Kier molecular flexibility index (Phi) is 3.70. The Balaban J connectivity index is 1.77. The topological polar surface area (TPSA) is 37.8 Å². The van der Waals surface area contributed by atoms with Crippen LogP contribution in [0.1, 0.15) is 24.2 Å². The van der Waals surface area contributed by atoms with Crippen LogP contribution in [0, 0.1) is 0 Å². The minimum absolute atomic E-state index is 0.183. The van der Waals surface area contributed by atoms with Crippen LogP contribution in [0.2, 0.25) is 0 Å². The van der Waals surface area contributed by atoms with Gasteiger partial charge in [0.15, 0.2) is 0 Å². The number of fused-ring (bicyclic) bond motifs is 1. The third-order valence-corrected chi connectivity index (χ3v) is 3.51. The van der Waals surface area contributed by atoms with Gasteiger partial charge in [-0.05, 0) is 23.3 Å². The van der Waals surface area contributed by atoms with Gasteiger partial charge < -0.3 is 5.32 Å². The van der Waals surface area contributed by atoms with E-state index in [-0.39, 0.29) is 6.04 Å². The van der Waals surface area contributed by atoms with Crippen LogP contribution in [0.15, 0.2) is 61.1 Å². The fourth-order valence-corrected chi connectivity index (χ4v) is 2.35. The summed E-state index contributed by atoms with van der Waals surface area (Å²) in [6.45, 7) is 2.92. The summed E-state index contributed by atoms with van der Waals surface area (Å²) in [5.41, 5.74) is 2.27. The van der Waals surface area contributed by atoms with Gasteiger partial charge >= 0.3 is 0 Å². The zero-order valence-electron chi connectivity index (χ0n) is 11.5. The molecular formula is C17H17N3. The van der Waals surface area contributed by atoms with Crippen molar-refractivity contribution in [3.8, 4) is 0 Å². The monoisotopic (exact) mass is 263 g/mol. The van der Waals surface area contributed by atoms with Gasteiger partial charge in [0.2, 0.25) is 0 Å². The van der Waals surface area contributed by atoms with Crippen LogP contribution in [0.5, 0.6) is 0 Å². The highest BCUT2D eigenvalue weighted by atomic mass is 14.9. The molecule has 3 aromatic rings. The Morgan fingerprint density at radius 1 is 1.05 bits per heavy atom. The van der Waals surface area contributed by atoms with Crippen molar-refractivity contribution in [2.45, 2.75) is 19.5 Å². The van der Waals surface area contributed by atoms with Crippen LogP contribution in [0.25, 0.3) is 10.8 Å². The molecule has 1 heterocycles. The molecule has 0 radical (unpaired) electrons. The summed E-state index contributed by atoms with van der Waals surface area (Å²) in [4.78, 5) is 8.44. The van der Waals surface area contributed by atoms with E-state index in [1.807, 2.05) is 0 Å². The summed E-state index contributed by atoms with van der Waals surface area (Å²) in [5, 5.41) is 6.08. The van der Waals surface area contributed by atoms with Gasteiger partial charge in [-0.15, -0.1) is 0 Å². The fourth-order valence-electron chi connectivity index (χ4n) is 2.35. The highest BCUT2D eigenvalue weighted by molar-refractivity contribution is 5.85. The second kappa shape index (κ2) is 5.80. The molecule has 1 aromatic heterocycles. The number of aromatic nitrogens is 2. The van der Waals surface area contributed by atoms with E-state index >= 15 is 0 Å². The Bertz CT molecular complexity index is 689. The molecule has 1 N–H and O–H groups in total. The van der Waals surface area contributed by atoms with E-state index in [1.54, 1.807) is 18.6 Å². The number of hydrogen-bond donors (Lipinski definition) is 1. The molecule has 0 fully saturated rings. The van der Waals surface area contributed by atoms with E-state index in [0.29, 0.717) is 0 Å². The van der Waals surface area contributed by atoms with Gasteiger partial charge in [-0.25, -0.2) is 0 Å². The molecule has 0 saturated carbocycles. The number of benzene rings is 2. The molecule has 20 heavy (non-hydrogen) atoms. The van der Waals surface area contributed by atoms with E-state index in [2.05, 4.69) is 64.7 Å². The van der Waals surface area contributed by atoms with Crippen molar-refractivity contribution >= 4 is 10.8 Å². The molecule has 0 saturated heterocycles. The molecule has 100 valence electrons. The van der Waals surface area contributed by atoms with Crippen LogP contribution in [-0.2, 0) is 6.54 Å². The number of hydrogen-bond acceptors (Lipinski definition) is 3. The lowest BCUT2D eigenvalue weighted by Gasteiger charge is -2.14. The van der Waals surface area contributed by atoms with Crippen molar-refractivity contribution < 1.29 is 0 Å². The predicted molar refractivity (Wildman–Crippen MR) is 81.2 cm³/mol. The van der Waals surface area contributed by atoms with Crippen LogP contribution < -0.4 is 5.32 Å². The Labute approximate surface area is 118 Å². The molecule has 0 aliphatic rings. The smallest absolute Gasteiger partial charge is 0.0753 e. The van der Waals surface area contributed by atoms with Crippen LogP contribution in [0.3, 0.4) is 0 Å². The highest BCUT2D eigenvalue weighted by Gasteiger charge is 2.07. The molecule has 1 unspecified atom stereocenters. The normalized spacial score (nSPS) is 12.4. The summed E-state index contributed by atoms with van der Waals surface area (Å²) >= 11 is 0. The average Bonchev–Trinajstić information content (AvgIpc) is 2.53. The van der Waals surface area contributed by atoms with Crippen LogP contribution >= 0.6 is 0 Å². The SMILES string of the molecule is CC(NCc1cccc2ccccc12)c1cnccn1. The fraction of sp³-hybridized carbons (Fsp3) is 0.176. The molecule has 0 amide bonds. The minimum atomic E-state index is 0.183. The maximum absolute atomic E-state index is 4.33. The summed E-state index contributed by atoms with van der Waals surface area (Å²) in [6.07, 6.45) is 5.23. The molecule has 3 rings (SSSR count). The lowest BCUT2D eigenvalue weighted by molar-refractivity contribution is 0.561. The van der Waals surface area contributed by atoms with Crippen LogP contribution in [-0.4, -0.2) is 9.97 Å². The lowest BCUT2D eigenvalue weighted by atomic mass is 10.0. The number of nitrogens with one attached hydrogen (secondary N) is 1. The summed E-state index contributed by atoms with van der Waals surface area (Å²) < 4.78 is 0. The first-order chi connectivity index (χ1) is 9.84. The molecule has 1 atom stereocenters. The van der Waals surface area contributed by atoms with Gasteiger partial charge in [0.1, 0.15) is 0 Å². The first-order valence-electron chi connectivity index (χ1n) is 6.80. The molecule has 0 spiro atoms. The van der Waals surface area contributed by atoms with Crippen molar-refractivity contribution in [3.05, 3.63) is 72.3 Å². The standard InChI is InChI=1S/C17H17N3/c1-13(17-12-18-9-10-19-17)20-11-15-7-4-6-14-5-2-3-8-16(14)15/h2-10,12-13,20H,11H2,1H3. The third-order valence-electron chi connectivity index (χ3n) is 3.51. The Morgan fingerprint density at radius 3 is 2.75 bits per heavy atom. The predicted octanol–water partition coefficient (Wildman–Crippen LogP) is 3.48. The first-order valence-corrected chi connectivity index (χ1v) is 6.80. The van der Waals surface area contributed by atoms with E-state index in [0.717, 1.165) is 12.2 Å².